The monoisotopic (exact) mass is 287 g/mol. The number of carboxylic acids is 1. The van der Waals surface area contributed by atoms with Crippen LogP contribution in [-0.4, -0.2) is 17.6 Å². The molecule has 0 radical (unpaired) electrons. The Morgan fingerprint density at radius 3 is 2.53 bits per heavy atom. The maximum Gasteiger partial charge on any atom is 0.310 e. The molecule has 1 rings (SSSR count). The van der Waals surface area contributed by atoms with Crippen LogP contribution in [0.1, 0.15) is 32.3 Å². The van der Waals surface area contributed by atoms with E-state index in [-0.39, 0.29) is 5.82 Å². The molecule has 1 aromatic carbocycles. The molecule has 1 aromatic rings. The average molecular weight is 288 g/mol. The fourth-order valence-corrected chi connectivity index (χ4v) is 2.21. The lowest BCUT2D eigenvalue weighted by Gasteiger charge is -2.27. The van der Waals surface area contributed by atoms with E-state index in [4.69, 9.17) is 11.6 Å². The van der Waals surface area contributed by atoms with Crippen LogP contribution in [0.3, 0.4) is 0 Å². The number of halogens is 2. The fourth-order valence-electron chi connectivity index (χ4n) is 1.98. The standard InChI is InChI=1S/C14H19ClFNO2/c1-3-14(4-2,13(18)19)9-17-8-10-5-6-11(16)7-12(10)15/h5-7,17H,3-4,8-9H2,1-2H3,(H,18,19). The second kappa shape index (κ2) is 6.87. The zero-order valence-corrected chi connectivity index (χ0v) is 11.9. The lowest BCUT2D eigenvalue weighted by Crippen LogP contribution is -2.40. The quantitative estimate of drug-likeness (QED) is 0.807. The van der Waals surface area contributed by atoms with Gasteiger partial charge in [-0.3, -0.25) is 4.79 Å². The van der Waals surface area contributed by atoms with E-state index >= 15 is 0 Å². The summed E-state index contributed by atoms with van der Waals surface area (Å²) >= 11 is 5.91. The second-order valence-electron chi connectivity index (χ2n) is 4.63. The van der Waals surface area contributed by atoms with Crippen LogP contribution in [-0.2, 0) is 11.3 Å². The van der Waals surface area contributed by atoms with E-state index in [0.29, 0.717) is 31.0 Å². The van der Waals surface area contributed by atoms with E-state index in [0.717, 1.165) is 5.56 Å². The third kappa shape index (κ3) is 3.91. The van der Waals surface area contributed by atoms with E-state index < -0.39 is 11.4 Å². The number of carbonyl (C=O) groups is 1. The summed E-state index contributed by atoms with van der Waals surface area (Å²) < 4.78 is 12.9. The molecule has 2 N–H and O–H groups in total. The maximum atomic E-state index is 12.9. The Balaban J connectivity index is 2.64. The van der Waals surface area contributed by atoms with Gasteiger partial charge in [0.2, 0.25) is 0 Å². The molecule has 0 atom stereocenters. The first-order valence-corrected chi connectivity index (χ1v) is 6.71. The smallest absolute Gasteiger partial charge is 0.310 e. The Morgan fingerprint density at radius 1 is 1.42 bits per heavy atom. The highest BCUT2D eigenvalue weighted by atomic mass is 35.5. The molecule has 5 heteroatoms. The molecule has 0 amide bonds. The molecule has 0 aliphatic heterocycles. The summed E-state index contributed by atoms with van der Waals surface area (Å²) in [6.45, 7) is 4.52. The van der Waals surface area contributed by atoms with Crippen molar-refractivity contribution in [3.8, 4) is 0 Å². The van der Waals surface area contributed by atoms with Crippen LogP contribution >= 0.6 is 11.6 Å². The Labute approximate surface area is 117 Å². The van der Waals surface area contributed by atoms with Crippen molar-refractivity contribution < 1.29 is 14.3 Å². The lowest BCUT2D eigenvalue weighted by atomic mass is 9.82. The SMILES string of the molecule is CCC(CC)(CNCc1ccc(F)cc1Cl)C(=O)O. The highest BCUT2D eigenvalue weighted by molar-refractivity contribution is 6.31. The van der Waals surface area contributed by atoms with Crippen molar-refractivity contribution >= 4 is 17.6 Å². The molecule has 0 saturated heterocycles. The van der Waals surface area contributed by atoms with Gasteiger partial charge in [0.25, 0.3) is 0 Å². The number of carboxylic acid groups (broad SMARTS) is 1. The average Bonchev–Trinajstić information content (AvgIpc) is 2.37. The molecular weight excluding hydrogens is 269 g/mol. The van der Waals surface area contributed by atoms with Crippen molar-refractivity contribution in [2.45, 2.75) is 33.2 Å². The van der Waals surface area contributed by atoms with E-state index in [9.17, 15) is 14.3 Å². The third-order valence-electron chi connectivity index (χ3n) is 3.60. The zero-order chi connectivity index (χ0) is 14.5. The minimum absolute atomic E-state index is 0.349. The molecule has 19 heavy (non-hydrogen) atoms. The fraction of sp³-hybridized carbons (Fsp3) is 0.500. The van der Waals surface area contributed by atoms with Crippen LogP contribution in [0, 0.1) is 11.2 Å². The van der Waals surface area contributed by atoms with Crippen molar-refractivity contribution in [1.82, 2.24) is 5.32 Å². The maximum absolute atomic E-state index is 12.9. The highest BCUT2D eigenvalue weighted by Gasteiger charge is 2.34. The van der Waals surface area contributed by atoms with Crippen molar-refractivity contribution in [3.05, 3.63) is 34.6 Å². The van der Waals surface area contributed by atoms with Gasteiger partial charge in [-0.15, -0.1) is 0 Å². The van der Waals surface area contributed by atoms with E-state index in [1.165, 1.54) is 12.1 Å². The molecular formula is C14H19ClFNO2. The Bertz CT molecular complexity index is 447. The van der Waals surface area contributed by atoms with Gasteiger partial charge in [0.1, 0.15) is 5.82 Å². The normalized spacial score (nSPS) is 11.6. The van der Waals surface area contributed by atoms with Gasteiger partial charge in [-0.2, -0.15) is 0 Å². The van der Waals surface area contributed by atoms with Gasteiger partial charge in [-0.05, 0) is 30.5 Å². The van der Waals surface area contributed by atoms with Crippen LogP contribution in [0.15, 0.2) is 18.2 Å². The highest BCUT2D eigenvalue weighted by Crippen LogP contribution is 2.26. The molecule has 0 unspecified atom stereocenters. The number of hydrogen-bond acceptors (Lipinski definition) is 2. The van der Waals surface area contributed by atoms with Gasteiger partial charge in [0.15, 0.2) is 0 Å². The van der Waals surface area contributed by atoms with Crippen molar-refractivity contribution in [2.75, 3.05) is 6.54 Å². The van der Waals surface area contributed by atoms with E-state index in [2.05, 4.69) is 5.32 Å². The predicted molar refractivity (Wildman–Crippen MR) is 73.8 cm³/mol. The van der Waals surface area contributed by atoms with Crippen LogP contribution in [0.4, 0.5) is 4.39 Å². The van der Waals surface area contributed by atoms with Crippen LogP contribution in [0.5, 0.6) is 0 Å². The van der Waals surface area contributed by atoms with Crippen LogP contribution in [0.25, 0.3) is 0 Å². The molecule has 0 spiro atoms. The molecule has 0 aliphatic rings. The summed E-state index contributed by atoms with van der Waals surface area (Å²) in [6, 6.07) is 4.20. The summed E-state index contributed by atoms with van der Waals surface area (Å²) in [5.41, 5.74) is 0.00142. The number of rotatable bonds is 7. The minimum atomic E-state index is -0.796. The summed E-state index contributed by atoms with van der Waals surface area (Å²) in [6.07, 6.45) is 1.12. The molecule has 0 fully saturated rings. The molecule has 3 nitrogen and oxygen atoms in total. The molecule has 106 valence electrons. The summed E-state index contributed by atoms with van der Waals surface area (Å²) in [5.74, 6) is -1.18. The van der Waals surface area contributed by atoms with Crippen molar-refractivity contribution in [1.29, 1.82) is 0 Å². The van der Waals surface area contributed by atoms with E-state index in [1.54, 1.807) is 6.07 Å². The zero-order valence-electron chi connectivity index (χ0n) is 11.2. The number of benzene rings is 1. The van der Waals surface area contributed by atoms with Gasteiger partial charge >= 0.3 is 5.97 Å². The van der Waals surface area contributed by atoms with Gasteiger partial charge in [0, 0.05) is 18.1 Å². The van der Waals surface area contributed by atoms with Crippen LogP contribution < -0.4 is 5.32 Å². The van der Waals surface area contributed by atoms with Gasteiger partial charge in [-0.1, -0.05) is 31.5 Å². The Hall–Kier alpha value is -1.13. The Morgan fingerprint density at radius 2 is 2.05 bits per heavy atom. The summed E-state index contributed by atoms with van der Waals surface area (Å²) in [4.78, 5) is 11.3. The van der Waals surface area contributed by atoms with E-state index in [1.807, 2.05) is 13.8 Å². The largest absolute Gasteiger partial charge is 0.481 e. The van der Waals surface area contributed by atoms with Crippen LogP contribution in [0.2, 0.25) is 5.02 Å². The molecule has 0 heterocycles. The molecule has 0 aliphatic carbocycles. The summed E-state index contributed by atoms with van der Waals surface area (Å²) in [5, 5.41) is 12.7. The first kappa shape index (κ1) is 15.9. The molecule has 0 bridgehead atoms. The van der Waals surface area contributed by atoms with Crippen molar-refractivity contribution in [3.63, 3.8) is 0 Å². The second-order valence-corrected chi connectivity index (χ2v) is 5.04. The third-order valence-corrected chi connectivity index (χ3v) is 3.95. The van der Waals surface area contributed by atoms with Gasteiger partial charge in [0.05, 0.1) is 5.41 Å². The van der Waals surface area contributed by atoms with Gasteiger partial charge < -0.3 is 10.4 Å². The van der Waals surface area contributed by atoms with Gasteiger partial charge in [-0.25, -0.2) is 4.39 Å². The molecule has 0 aromatic heterocycles. The number of nitrogens with one attached hydrogen (secondary N) is 1. The lowest BCUT2D eigenvalue weighted by molar-refractivity contribution is -0.149. The Kier molecular flexibility index (Phi) is 5.76. The number of hydrogen-bond donors (Lipinski definition) is 2. The summed E-state index contributed by atoms with van der Waals surface area (Å²) in [7, 11) is 0. The number of aliphatic carboxylic acids is 1. The first-order chi connectivity index (χ1) is 8.95. The molecule has 0 saturated carbocycles. The minimum Gasteiger partial charge on any atom is -0.481 e. The first-order valence-electron chi connectivity index (χ1n) is 6.33. The topological polar surface area (TPSA) is 49.3 Å². The van der Waals surface area contributed by atoms with Crippen molar-refractivity contribution in [2.24, 2.45) is 5.41 Å². The predicted octanol–water partition coefficient (Wildman–Crippen LogP) is 3.46.